The zero-order valence-corrected chi connectivity index (χ0v) is 17.5. The average molecular weight is 422 g/mol. The number of ether oxygens (including phenoxy) is 2. The quantitative estimate of drug-likeness (QED) is 0.654. The van der Waals surface area contributed by atoms with Gasteiger partial charge in [0.2, 0.25) is 18.6 Å². The highest BCUT2D eigenvalue weighted by Gasteiger charge is 2.28. The minimum absolute atomic E-state index is 0.0148. The van der Waals surface area contributed by atoms with Gasteiger partial charge in [0.15, 0.2) is 11.5 Å². The third kappa shape index (κ3) is 4.93. The Morgan fingerprint density at radius 1 is 1.39 bits per heavy atom. The smallest absolute Gasteiger partial charge is 0.231 e. The first-order chi connectivity index (χ1) is 15.1. The molecule has 1 atom stereocenters. The van der Waals surface area contributed by atoms with Crippen LogP contribution in [0, 0.1) is 0 Å². The van der Waals surface area contributed by atoms with Gasteiger partial charge in [-0.05, 0) is 43.3 Å². The molecule has 9 heteroatoms. The molecule has 2 aliphatic rings. The fourth-order valence-corrected chi connectivity index (χ4v) is 3.77. The van der Waals surface area contributed by atoms with Crippen molar-refractivity contribution in [1.29, 1.82) is 0 Å². The number of benzene rings is 1. The number of hydrogen-bond donors (Lipinski definition) is 1. The number of nitrogens with zero attached hydrogens (tertiary/aromatic N) is 5. The van der Waals surface area contributed by atoms with Crippen LogP contribution in [0.4, 0.5) is 11.8 Å². The Morgan fingerprint density at radius 3 is 3.13 bits per heavy atom. The average Bonchev–Trinajstić information content (AvgIpc) is 3.45. The highest BCUT2D eigenvalue weighted by atomic mass is 16.7. The maximum atomic E-state index is 12.6. The number of aromatic nitrogens is 2. The normalized spacial score (nSPS) is 17.2. The minimum atomic E-state index is 0.0148. The van der Waals surface area contributed by atoms with Crippen molar-refractivity contribution in [1.82, 2.24) is 15.3 Å². The largest absolute Gasteiger partial charge is 0.454 e. The number of aliphatic imine (C=N–C) groups is 1. The molecule has 0 saturated carbocycles. The van der Waals surface area contributed by atoms with E-state index < -0.39 is 0 Å². The van der Waals surface area contributed by atoms with Gasteiger partial charge < -0.3 is 24.6 Å². The molecule has 162 valence electrons. The van der Waals surface area contributed by atoms with E-state index in [0.717, 1.165) is 42.3 Å². The molecule has 2 aliphatic heterocycles. The van der Waals surface area contributed by atoms with Crippen molar-refractivity contribution in [3.8, 4) is 11.5 Å². The van der Waals surface area contributed by atoms with Crippen LogP contribution in [-0.4, -0.2) is 49.0 Å². The fourth-order valence-electron chi connectivity index (χ4n) is 3.77. The monoisotopic (exact) mass is 422 g/mol. The second-order valence-corrected chi connectivity index (χ2v) is 7.46. The summed E-state index contributed by atoms with van der Waals surface area (Å²) < 4.78 is 10.7. The molecule has 0 spiro atoms. The van der Waals surface area contributed by atoms with E-state index in [4.69, 9.17) is 9.47 Å². The van der Waals surface area contributed by atoms with Crippen molar-refractivity contribution in [2.75, 3.05) is 30.2 Å². The minimum Gasteiger partial charge on any atom is -0.454 e. The predicted octanol–water partition coefficient (Wildman–Crippen LogP) is 2.49. The number of carbonyl (C=O) groups is 1. The number of nitrogens with one attached hydrogen (secondary N) is 1. The highest BCUT2D eigenvalue weighted by molar-refractivity contribution is 5.77. The van der Waals surface area contributed by atoms with Crippen molar-refractivity contribution >= 4 is 24.4 Å². The van der Waals surface area contributed by atoms with Gasteiger partial charge in [0.05, 0.1) is 0 Å². The second-order valence-electron chi connectivity index (χ2n) is 7.46. The van der Waals surface area contributed by atoms with Gasteiger partial charge in [-0.2, -0.15) is 4.98 Å². The van der Waals surface area contributed by atoms with Crippen molar-refractivity contribution in [2.45, 2.75) is 31.8 Å². The van der Waals surface area contributed by atoms with Crippen molar-refractivity contribution < 1.29 is 14.3 Å². The van der Waals surface area contributed by atoms with Gasteiger partial charge in [-0.25, -0.2) is 4.98 Å². The van der Waals surface area contributed by atoms with Crippen molar-refractivity contribution in [3.63, 3.8) is 0 Å². The molecular weight excluding hydrogens is 396 g/mol. The Bertz CT molecular complexity index is 979. The number of rotatable bonds is 8. The SMILES string of the molecule is C=N/C=C\N(C)c1nccc(N2CCC[C@@H]2CC(=O)NCc2ccc3c(c2)OCO3)n1. The number of anilines is 2. The first-order valence-corrected chi connectivity index (χ1v) is 10.2. The fraction of sp³-hybridized carbons (Fsp3) is 0.364. The topological polar surface area (TPSA) is 92.2 Å². The molecule has 9 nitrogen and oxygen atoms in total. The molecule has 1 aromatic heterocycles. The summed E-state index contributed by atoms with van der Waals surface area (Å²) in [5.74, 6) is 2.86. The van der Waals surface area contributed by atoms with Gasteiger partial charge in [-0.1, -0.05) is 6.07 Å². The maximum absolute atomic E-state index is 12.6. The van der Waals surface area contributed by atoms with E-state index in [0.29, 0.717) is 18.9 Å². The summed E-state index contributed by atoms with van der Waals surface area (Å²) >= 11 is 0. The van der Waals surface area contributed by atoms with Gasteiger partial charge >= 0.3 is 0 Å². The molecule has 1 saturated heterocycles. The third-order valence-corrected chi connectivity index (χ3v) is 5.36. The standard InChI is InChI=1S/C22H26N6O3/c1-23-9-11-27(2)22-24-8-7-20(26-22)28-10-3-4-17(28)13-21(29)25-14-16-5-6-18-19(12-16)31-15-30-18/h5-9,11-12,17H,1,3-4,10,13-15H2,2H3,(H,25,29)/b11-9-/t17-/m1/s1. The molecule has 0 aliphatic carbocycles. The van der Waals surface area contributed by atoms with E-state index in [9.17, 15) is 4.79 Å². The van der Waals surface area contributed by atoms with Crippen LogP contribution in [0.25, 0.3) is 0 Å². The van der Waals surface area contributed by atoms with Crippen LogP contribution in [0.5, 0.6) is 11.5 Å². The molecule has 2 aromatic rings. The zero-order valence-electron chi connectivity index (χ0n) is 17.5. The molecule has 1 amide bonds. The molecule has 4 rings (SSSR count). The number of hydrogen-bond acceptors (Lipinski definition) is 8. The molecule has 0 radical (unpaired) electrons. The summed E-state index contributed by atoms with van der Waals surface area (Å²) in [4.78, 5) is 29.3. The Kier molecular flexibility index (Phi) is 6.30. The predicted molar refractivity (Wildman–Crippen MR) is 119 cm³/mol. The van der Waals surface area contributed by atoms with Crippen LogP contribution in [0.2, 0.25) is 0 Å². The molecule has 1 aromatic carbocycles. The number of amides is 1. The van der Waals surface area contributed by atoms with Gasteiger partial charge in [0, 0.05) is 51.2 Å². The van der Waals surface area contributed by atoms with Crippen LogP contribution >= 0.6 is 0 Å². The molecule has 1 N–H and O–H groups in total. The molecule has 0 bridgehead atoms. The molecular formula is C22H26N6O3. The van der Waals surface area contributed by atoms with Crippen LogP contribution < -0.4 is 24.6 Å². The van der Waals surface area contributed by atoms with Crippen LogP contribution in [0.3, 0.4) is 0 Å². The van der Waals surface area contributed by atoms with E-state index in [-0.39, 0.29) is 18.7 Å². The van der Waals surface area contributed by atoms with E-state index in [1.807, 2.05) is 31.3 Å². The molecule has 3 heterocycles. The second kappa shape index (κ2) is 9.46. The lowest BCUT2D eigenvalue weighted by Crippen LogP contribution is -2.35. The first-order valence-electron chi connectivity index (χ1n) is 10.2. The van der Waals surface area contributed by atoms with E-state index in [2.05, 4.69) is 31.9 Å². The Hall–Kier alpha value is -3.62. The maximum Gasteiger partial charge on any atom is 0.231 e. The van der Waals surface area contributed by atoms with Gasteiger partial charge in [0.25, 0.3) is 0 Å². The molecule has 0 unspecified atom stereocenters. The Morgan fingerprint density at radius 2 is 2.26 bits per heavy atom. The summed E-state index contributed by atoms with van der Waals surface area (Å²) in [6.45, 7) is 4.99. The van der Waals surface area contributed by atoms with Gasteiger partial charge in [-0.3, -0.25) is 9.79 Å². The van der Waals surface area contributed by atoms with Crippen LogP contribution in [0.15, 0.2) is 47.9 Å². The molecule has 1 fully saturated rings. The summed E-state index contributed by atoms with van der Waals surface area (Å²) in [6.07, 6.45) is 7.46. The number of carbonyl (C=O) groups excluding carboxylic acids is 1. The zero-order chi connectivity index (χ0) is 21.6. The van der Waals surface area contributed by atoms with E-state index in [1.165, 1.54) is 0 Å². The summed E-state index contributed by atoms with van der Waals surface area (Å²) in [7, 11) is 1.85. The lowest BCUT2D eigenvalue weighted by molar-refractivity contribution is -0.121. The summed E-state index contributed by atoms with van der Waals surface area (Å²) in [6, 6.07) is 7.70. The van der Waals surface area contributed by atoms with Crippen LogP contribution in [0.1, 0.15) is 24.8 Å². The Balaban J connectivity index is 1.35. The first kappa shape index (κ1) is 20.6. The van der Waals surface area contributed by atoms with Gasteiger partial charge in [0.1, 0.15) is 5.82 Å². The lowest BCUT2D eigenvalue weighted by atomic mass is 10.1. The lowest BCUT2D eigenvalue weighted by Gasteiger charge is -2.26. The highest BCUT2D eigenvalue weighted by Crippen LogP contribution is 2.32. The van der Waals surface area contributed by atoms with E-state index >= 15 is 0 Å². The molecule has 31 heavy (non-hydrogen) atoms. The van der Waals surface area contributed by atoms with E-state index in [1.54, 1.807) is 23.5 Å². The number of fused-ring (bicyclic) bond motifs is 1. The summed E-state index contributed by atoms with van der Waals surface area (Å²) in [5.41, 5.74) is 0.978. The third-order valence-electron chi connectivity index (χ3n) is 5.36. The summed E-state index contributed by atoms with van der Waals surface area (Å²) in [5, 5.41) is 3.01. The van der Waals surface area contributed by atoms with Gasteiger partial charge in [-0.15, -0.1) is 0 Å². The van der Waals surface area contributed by atoms with Crippen LogP contribution in [-0.2, 0) is 11.3 Å². The Labute approximate surface area is 181 Å². The van der Waals surface area contributed by atoms with Crippen molar-refractivity contribution in [3.05, 3.63) is 48.4 Å². The van der Waals surface area contributed by atoms with Crippen molar-refractivity contribution in [2.24, 2.45) is 4.99 Å².